The van der Waals surface area contributed by atoms with E-state index in [9.17, 15) is 5.11 Å². The topological polar surface area (TPSA) is 29.5 Å². The van der Waals surface area contributed by atoms with Gasteiger partial charge >= 0.3 is 0 Å². The number of rotatable bonds is 3. The summed E-state index contributed by atoms with van der Waals surface area (Å²) < 4.78 is 6.02. The second kappa shape index (κ2) is 4.63. The summed E-state index contributed by atoms with van der Waals surface area (Å²) >= 11 is 3.39. The predicted octanol–water partition coefficient (Wildman–Crippen LogP) is 2.38. The van der Waals surface area contributed by atoms with E-state index in [1.54, 1.807) is 14.0 Å². The summed E-state index contributed by atoms with van der Waals surface area (Å²) in [4.78, 5) is 0. The van der Waals surface area contributed by atoms with Crippen molar-refractivity contribution in [2.24, 2.45) is 0 Å². The van der Waals surface area contributed by atoms with Gasteiger partial charge in [0.2, 0.25) is 0 Å². The lowest BCUT2D eigenvalue weighted by Gasteiger charge is -2.07. The van der Waals surface area contributed by atoms with E-state index >= 15 is 0 Å². The first-order valence-electron chi connectivity index (χ1n) is 4.14. The monoisotopic (exact) mass is 244 g/mol. The molecule has 1 rings (SSSR count). The molecule has 13 heavy (non-hydrogen) atoms. The molecule has 0 aliphatic carbocycles. The molecule has 2 nitrogen and oxygen atoms in total. The highest BCUT2D eigenvalue weighted by molar-refractivity contribution is 9.10. The van der Waals surface area contributed by atoms with Gasteiger partial charge < -0.3 is 9.84 Å². The summed E-state index contributed by atoms with van der Waals surface area (Å²) in [5, 5.41) is 9.18. The maximum atomic E-state index is 9.18. The molecule has 0 aromatic heterocycles. The Morgan fingerprint density at radius 3 is 2.69 bits per heavy atom. The van der Waals surface area contributed by atoms with Gasteiger partial charge in [0, 0.05) is 0 Å². The van der Waals surface area contributed by atoms with Crippen LogP contribution in [0.5, 0.6) is 5.75 Å². The van der Waals surface area contributed by atoms with Gasteiger partial charge in [0.15, 0.2) is 0 Å². The highest BCUT2D eigenvalue weighted by atomic mass is 79.9. The number of aliphatic hydroxyl groups excluding tert-OH is 1. The molecule has 72 valence electrons. The van der Waals surface area contributed by atoms with Crippen molar-refractivity contribution < 1.29 is 9.84 Å². The summed E-state index contributed by atoms with van der Waals surface area (Å²) in [7, 11) is 1.63. The van der Waals surface area contributed by atoms with Crippen LogP contribution in [0.25, 0.3) is 0 Å². The fourth-order valence-electron chi connectivity index (χ4n) is 1.18. The Balaban J connectivity index is 2.83. The maximum Gasteiger partial charge on any atom is 0.133 e. The first-order valence-corrected chi connectivity index (χ1v) is 4.93. The zero-order valence-corrected chi connectivity index (χ0v) is 9.34. The average Bonchev–Trinajstić information content (AvgIpc) is 2.03. The summed E-state index contributed by atoms with van der Waals surface area (Å²) in [5.74, 6) is 0.814. The van der Waals surface area contributed by atoms with Crippen LogP contribution in [0.15, 0.2) is 22.7 Å². The Hall–Kier alpha value is -0.540. The highest BCUT2D eigenvalue weighted by Gasteiger charge is 2.03. The Bertz CT molecular complexity index is 284. The number of aliphatic hydroxyl groups is 1. The lowest BCUT2D eigenvalue weighted by atomic mass is 10.1. The molecule has 0 aliphatic rings. The SMILES string of the molecule is COc1ccc(C[C@@H](C)O)cc1Br. The van der Waals surface area contributed by atoms with Gasteiger partial charge in [0.1, 0.15) is 5.75 Å². The molecule has 1 aromatic rings. The molecule has 1 aromatic carbocycles. The van der Waals surface area contributed by atoms with Gasteiger partial charge in [-0.1, -0.05) is 6.07 Å². The predicted molar refractivity (Wildman–Crippen MR) is 56.1 cm³/mol. The summed E-state index contributed by atoms with van der Waals surface area (Å²) in [6, 6.07) is 5.81. The molecule has 1 N–H and O–H groups in total. The van der Waals surface area contributed by atoms with Gasteiger partial charge in [-0.3, -0.25) is 0 Å². The number of halogens is 1. The minimum absolute atomic E-state index is 0.305. The number of methoxy groups -OCH3 is 1. The fourth-order valence-corrected chi connectivity index (χ4v) is 1.77. The molecule has 0 saturated heterocycles. The van der Waals surface area contributed by atoms with Crippen molar-refractivity contribution in [3.05, 3.63) is 28.2 Å². The van der Waals surface area contributed by atoms with Crippen LogP contribution in [0, 0.1) is 0 Å². The van der Waals surface area contributed by atoms with E-state index in [0.717, 1.165) is 15.8 Å². The second-order valence-corrected chi connectivity index (χ2v) is 3.88. The molecule has 3 heteroatoms. The molecule has 0 heterocycles. The lowest BCUT2D eigenvalue weighted by Crippen LogP contribution is -2.03. The van der Waals surface area contributed by atoms with Gasteiger partial charge in [-0.25, -0.2) is 0 Å². The second-order valence-electron chi connectivity index (χ2n) is 3.02. The fraction of sp³-hybridized carbons (Fsp3) is 0.400. The van der Waals surface area contributed by atoms with E-state index in [-0.39, 0.29) is 6.10 Å². The third kappa shape index (κ3) is 3.01. The maximum absolute atomic E-state index is 9.18. The zero-order chi connectivity index (χ0) is 9.84. The summed E-state index contributed by atoms with van der Waals surface area (Å²) in [6.45, 7) is 1.78. The van der Waals surface area contributed by atoms with E-state index in [1.165, 1.54) is 0 Å². The van der Waals surface area contributed by atoms with Crippen LogP contribution >= 0.6 is 15.9 Å². The lowest BCUT2D eigenvalue weighted by molar-refractivity contribution is 0.195. The van der Waals surface area contributed by atoms with Crippen molar-refractivity contribution in [1.29, 1.82) is 0 Å². The molecule has 1 atom stereocenters. The van der Waals surface area contributed by atoms with Crippen LogP contribution in [-0.2, 0) is 6.42 Å². The van der Waals surface area contributed by atoms with E-state index in [2.05, 4.69) is 15.9 Å². The van der Waals surface area contributed by atoms with Crippen molar-refractivity contribution in [2.45, 2.75) is 19.4 Å². The number of ether oxygens (including phenoxy) is 1. The van der Waals surface area contributed by atoms with Crippen LogP contribution in [0.1, 0.15) is 12.5 Å². The Kier molecular flexibility index (Phi) is 3.75. The quantitative estimate of drug-likeness (QED) is 0.885. The molecular weight excluding hydrogens is 232 g/mol. The van der Waals surface area contributed by atoms with Gasteiger partial charge in [-0.05, 0) is 47.0 Å². The van der Waals surface area contributed by atoms with Gasteiger partial charge in [-0.2, -0.15) is 0 Å². The van der Waals surface area contributed by atoms with E-state index < -0.39 is 0 Å². The normalized spacial score (nSPS) is 12.6. The van der Waals surface area contributed by atoms with Crippen LogP contribution in [0.3, 0.4) is 0 Å². The minimum atomic E-state index is -0.305. The molecule has 0 unspecified atom stereocenters. The van der Waals surface area contributed by atoms with Crippen molar-refractivity contribution in [1.82, 2.24) is 0 Å². The van der Waals surface area contributed by atoms with Gasteiger partial charge in [0.05, 0.1) is 17.7 Å². The third-order valence-corrected chi connectivity index (χ3v) is 2.37. The zero-order valence-electron chi connectivity index (χ0n) is 7.75. The van der Waals surface area contributed by atoms with Crippen LogP contribution in [-0.4, -0.2) is 18.3 Å². The molecule has 0 fully saturated rings. The Labute approximate surface area is 86.7 Å². The smallest absolute Gasteiger partial charge is 0.133 e. The van der Waals surface area contributed by atoms with E-state index in [0.29, 0.717) is 6.42 Å². The minimum Gasteiger partial charge on any atom is -0.496 e. The summed E-state index contributed by atoms with van der Waals surface area (Å²) in [6.07, 6.45) is 0.364. The molecule has 0 bridgehead atoms. The third-order valence-electron chi connectivity index (χ3n) is 1.75. The average molecular weight is 245 g/mol. The molecule has 0 saturated carbocycles. The largest absolute Gasteiger partial charge is 0.496 e. The van der Waals surface area contributed by atoms with Gasteiger partial charge in [0.25, 0.3) is 0 Å². The molecule has 0 amide bonds. The summed E-state index contributed by atoms with van der Waals surface area (Å²) in [5.41, 5.74) is 1.10. The Morgan fingerprint density at radius 2 is 2.23 bits per heavy atom. The molecule has 0 spiro atoms. The number of benzene rings is 1. The first kappa shape index (κ1) is 10.5. The first-order chi connectivity index (χ1) is 6.13. The molecular formula is C10H13BrO2. The highest BCUT2D eigenvalue weighted by Crippen LogP contribution is 2.25. The van der Waals surface area contributed by atoms with Crippen molar-refractivity contribution in [2.75, 3.05) is 7.11 Å². The number of hydrogen-bond donors (Lipinski definition) is 1. The molecule has 0 radical (unpaired) electrons. The van der Waals surface area contributed by atoms with Crippen LogP contribution < -0.4 is 4.74 Å². The van der Waals surface area contributed by atoms with Crippen molar-refractivity contribution >= 4 is 15.9 Å². The van der Waals surface area contributed by atoms with Crippen molar-refractivity contribution in [3.63, 3.8) is 0 Å². The standard InChI is InChI=1S/C10H13BrO2/c1-7(12)5-8-3-4-10(13-2)9(11)6-8/h3-4,6-7,12H,5H2,1-2H3/t7-/m1/s1. The number of hydrogen-bond acceptors (Lipinski definition) is 2. The van der Waals surface area contributed by atoms with Crippen LogP contribution in [0.2, 0.25) is 0 Å². The Morgan fingerprint density at radius 1 is 1.54 bits per heavy atom. The van der Waals surface area contributed by atoms with Crippen molar-refractivity contribution in [3.8, 4) is 5.75 Å². The van der Waals surface area contributed by atoms with E-state index in [4.69, 9.17) is 4.74 Å². The van der Waals surface area contributed by atoms with E-state index in [1.807, 2.05) is 18.2 Å². The van der Waals surface area contributed by atoms with Crippen LogP contribution in [0.4, 0.5) is 0 Å². The van der Waals surface area contributed by atoms with Gasteiger partial charge in [-0.15, -0.1) is 0 Å². The molecule has 0 aliphatic heterocycles.